The molecule has 0 atom stereocenters. The number of carbonyl (C=O) groups excluding carboxylic acids is 1. The van der Waals surface area contributed by atoms with Gasteiger partial charge in [-0.15, -0.1) is 0 Å². The number of benzene rings is 2. The molecule has 0 aliphatic carbocycles. The van der Waals surface area contributed by atoms with Gasteiger partial charge in [0, 0.05) is 5.56 Å². The summed E-state index contributed by atoms with van der Waals surface area (Å²) in [6.07, 6.45) is 0. The van der Waals surface area contributed by atoms with Crippen LogP contribution in [0, 0.1) is 4.77 Å². The fraction of sp³-hybridized carbons (Fsp3) is 0. The van der Waals surface area contributed by atoms with E-state index in [1.54, 1.807) is 16.7 Å². The molecule has 0 aliphatic rings. The summed E-state index contributed by atoms with van der Waals surface area (Å²) in [5.41, 5.74) is 3.22. The summed E-state index contributed by atoms with van der Waals surface area (Å²) in [4.78, 5) is 10.9. The van der Waals surface area contributed by atoms with E-state index in [1.165, 1.54) is 12.1 Å². The molecule has 0 aliphatic heterocycles. The third-order valence-electron chi connectivity index (χ3n) is 3.92. The van der Waals surface area contributed by atoms with Gasteiger partial charge in [-0.05, 0) is 36.0 Å². The predicted octanol–water partition coefficient (Wildman–Crippen LogP) is 2.35. The first kappa shape index (κ1) is 16.0. The van der Waals surface area contributed by atoms with Crippen LogP contribution in [0.5, 0.6) is 0 Å². The second kappa shape index (κ2) is 6.41. The van der Waals surface area contributed by atoms with Crippen molar-refractivity contribution in [2.75, 3.05) is 0 Å². The average molecular weight is 362 g/mol. The molecular formula is C18H12N5O2S-. The number of aromatic amines is 2. The fourth-order valence-corrected chi connectivity index (χ4v) is 2.89. The SMILES string of the molecule is O=C([O-])c1ccc(-n2c(-c3cc(-c4ccccc4)n[nH]3)n[nH]c2=S)cc1. The number of rotatable bonds is 4. The standard InChI is InChI=1S/C18H13N5O2S/c24-17(25)12-6-8-13(9-7-12)23-16(21-22-18(23)26)15-10-14(19-20-15)11-4-2-1-3-5-11/h1-10H,(H,19,20)(H,22,26)(H,24,25)/p-1. The molecule has 0 unspecified atom stereocenters. The van der Waals surface area contributed by atoms with Crippen molar-refractivity contribution in [2.24, 2.45) is 0 Å². The minimum Gasteiger partial charge on any atom is -0.545 e. The number of hydrogen-bond acceptors (Lipinski definition) is 5. The van der Waals surface area contributed by atoms with Crippen molar-refractivity contribution in [1.29, 1.82) is 0 Å². The number of hydrogen-bond donors (Lipinski definition) is 2. The van der Waals surface area contributed by atoms with Crippen LogP contribution in [-0.4, -0.2) is 30.9 Å². The smallest absolute Gasteiger partial charge is 0.200 e. The van der Waals surface area contributed by atoms with E-state index in [-0.39, 0.29) is 5.56 Å². The maximum absolute atomic E-state index is 10.9. The Morgan fingerprint density at radius 2 is 1.73 bits per heavy atom. The molecule has 0 radical (unpaired) electrons. The molecule has 2 aromatic heterocycles. The lowest BCUT2D eigenvalue weighted by atomic mass is 10.1. The van der Waals surface area contributed by atoms with Gasteiger partial charge in [0.15, 0.2) is 10.6 Å². The van der Waals surface area contributed by atoms with Gasteiger partial charge in [0.05, 0.1) is 17.4 Å². The summed E-state index contributed by atoms with van der Waals surface area (Å²) < 4.78 is 2.09. The Labute approximate surface area is 153 Å². The van der Waals surface area contributed by atoms with Crippen molar-refractivity contribution in [3.8, 4) is 28.5 Å². The van der Waals surface area contributed by atoms with Crippen LogP contribution in [0.25, 0.3) is 28.5 Å². The van der Waals surface area contributed by atoms with Gasteiger partial charge in [-0.2, -0.15) is 10.2 Å². The Bertz CT molecular complexity index is 1130. The Balaban J connectivity index is 1.77. The lowest BCUT2D eigenvalue weighted by molar-refractivity contribution is -0.255. The molecule has 2 aromatic carbocycles. The summed E-state index contributed by atoms with van der Waals surface area (Å²) in [5, 5.41) is 25.3. The minimum atomic E-state index is -1.23. The van der Waals surface area contributed by atoms with Gasteiger partial charge < -0.3 is 9.90 Å². The summed E-state index contributed by atoms with van der Waals surface area (Å²) in [6, 6.07) is 17.9. The number of carboxylic acids is 1. The summed E-state index contributed by atoms with van der Waals surface area (Å²) in [7, 11) is 0. The zero-order valence-corrected chi connectivity index (χ0v) is 14.2. The maximum Gasteiger partial charge on any atom is 0.200 e. The lowest BCUT2D eigenvalue weighted by Gasteiger charge is -2.07. The molecule has 26 heavy (non-hydrogen) atoms. The Hall–Kier alpha value is -3.52. The zero-order valence-electron chi connectivity index (χ0n) is 13.3. The molecule has 8 heteroatoms. The predicted molar refractivity (Wildman–Crippen MR) is 96.1 cm³/mol. The molecule has 4 aromatic rings. The maximum atomic E-state index is 10.9. The lowest BCUT2D eigenvalue weighted by Crippen LogP contribution is -2.22. The monoisotopic (exact) mass is 362 g/mol. The van der Waals surface area contributed by atoms with Crippen LogP contribution in [0.3, 0.4) is 0 Å². The Kier molecular flexibility index (Phi) is 3.94. The molecular weight excluding hydrogens is 350 g/mol. The van der Waals surface area contributed by atoms with E-state index >= 15 is 0 Å². The van der Waals surface area contributed by atoms with Gasteiger partial charge in [0.1, 0.15) is 5.69 Å². The third kappa shape index (κ3) is 2.82. The third-order valence-corrected chi connectivity index (χ3v) is 4.20. The van der Waals surface area contributed by atoms with Crippen LogP contribution < -0.4 is 5.11 Å². The van der Waals surface area contributed by atoms with Crippen LogP contribution >= 0.6 is 12.2 Å². The van der Waals surface area contributed by atoms with E-state index in [9.17, 15) is 9.90 Å². The number of H-pyrrole nitrogens is 2. The van der Waals surface area contributed by atoms with Crippen LogP contribution in [0.4, 0.5) is 0 Å². The zero-order chi connectivity index (χ0) is 18.1. The summed E-state index contributed by atoms with van der Waals surface area (Å²) >= 11 is 5.32. The molecule has 0 fully saturated rings. The largest absolute Gasteiger partial charge is 0.545 e. The molecule has 4 rings (SSSR count). The fourth-order valence-electron chi connectivity index (χ4n) is 2.66. The molecule has 0 spiro atoms. The molecule has 0 saturated carbocycles. The number of aromatic carboxylic acids is 1. The molecule has 2 heterocycles. The molecule has 0 saturated heterocycles. The van der Waals surface area contributed by atoms with Crippen LogP contribution in [-0.2, 0) is 0 Å². The molecule has 0 amide bonds. The van der Waals surface area contributed by atoms with Gasteiger partial charge in [0.2, 0.25) is 0 Å². The highest BCUT2D eigenvalue weighted by molar-refractivity contribution is 7.71. The minimum absolute atomic E-state index is 0.0956. The van der Waals surface area contributed by atoms with E-state index in [2.05, 4.69) is 20.4 Å². The van der Waals surface area contributed by atoms with E-state index in [1.807, 2.05) is 36.4 Å². The Morgan fingerprint density at radius 3 is 2.42 bits per heavy atom. The van der Waals surface area contributed by atoms with Crippen LogP contribution in [0.15, 0.2) is 60.7 Å². The van der Waals surface area contributed by atoms with Crippen molar-refractivity contribution in [3.05, 3.63) is 71.0 Å². The number of aromatic nitrogens is 5. The van der Waals surface area contributed by atoms with Gasteiger partial charge in [-0.3, -0.25) is 14.8 Å². The van der Waals surface area contributed by atoms with Crippen molar-refractivity contribution >= 4 is 18.2 Å². The van der Waals surface area contributed by atoms with Gasteiger partial charge in [-0.1, -0.05) is 42.5 Å². The topological polar surface area (TPSA) is 102 Å². The highest BCUT2D eigenvalue weighted by Gasteiger charge is 2.14. The van der Waals surface area contributed by atoms with Crippen molar-refractivity contribution in [3.63, 3.8) is 0 Å². The van der Waals surface area contributed by atoms with Gasteiger partial charge in [-0.25, -0.2) is 0 Å². The first-order valence-corrected chi connectivity index (χ1v) is 8.15. The number of nitrogens with zero attached hydrogens (tertiary/aromatic N) is 3. The van der Waals surface area contributed by atoms with Crippen molar-refractivity contribution < 1.29 is 9.90 Å². The van der Waals surface area contributed by atoms with Crippen LogP contribution in [0.1, 0.15) is 10.4 Å². The first-order chi connectivity index (χ1) is 12.6. The molecule has 2 N–H and O–H groups in total. The van der Waals surface area contributed by atoms with Crippen molar-refractivity contribution in [2.45, 2.75) is 0 Å². The summed E-state index contributed by atoms with van der Waals surface area (Å²) in [6.45, 7) is 0. The molecule has 128 valence electrons. The second-order valence-corrected chi connectivity index (χ2v) is 5.94. The van der Waals surface area contributed by atoms with Crippen molar-refractivity contribution in [1.82, 2.24) is 25.0 Å². The summed E-state index contributed by atoms with van der Waals surface area (Å²) in [5.74, 6) is -0.681. The van der Waals surface area contributed by atoms with Crippen LogP contribution in [0.2, 0.25) is 0 Å². The highest BCUT2D eigenvalue weighted by Crippen LogP contribution is 2.24. The van der Waals surface area contributed by atoms with E-state index in [0.717, 1.165) is 11.3 Å². The first-order valence-electron chi connectivity index (χ1n) is 7.74. The Morgan fingerprint density at radius 1 is 1.00 bits per heavy atom. The number of nitrogens with one attached hydrogen (secondary N) is 2. The van der Waals surface area contributed by atoms with Gasteiger partial charge in [0.25, 0.3) is 0 Å². The quantitative estimate of drug-likeness (QED) is 0.543. The van der Waals surface area contributed by atoms with E-state index in [0.29, 0.717) is 22.0 Å². The highest BCUT2D eigenvalue weighted by atomic mass is 32.1. The van der Waals surface area contributed by atoms with E-state index in [4.69, 9.17) is 12.2 Å². The average Bonchev–Trinajstić information content (AvgIpc) is 3.29. The molecule has 0 bridgehead atoms. The molecule has 7 nitrogen and oxygen atoms in total. The van der Waals surface area contributed by atoms with E-state index < -0.39 is 5.97 Å². The second-order valence-electron chi connectivity index (χ2n) is 5.55. The number of carbonyl (C=O) groups is 1. The number of carboxylic acid groups (broad SMARTS) is 1. The normalized spacial score (nSPS) is 10.8. The van der Waals surface area contributed by atoms with Gasteiger partial charge >= 0.3 is 0 Å².